The van der Waals surface area contributed by atoms with E-state index in [2.05, 4.69) is 0 Å². The van der Waals surface area contributed by atoms with Gasteiger partial charge in [0, 0.05) is 12.0 Å². The number of Topliss-reactive ketones (excluding diaryl/α,β-unsaturated/α-hetero) is 1. The molecule has 1 aromatic rings. The lowest BCUT2D eigenvalue weighted by molar-refractivity contribution is -0.137. The molecule has 0 atom stereocenters. The van der Waals surface area contributed by atoms with Crippen molar-refractivity contribution >= 4 is 11.8 Å². The fraction of sp³-hybridized carbons (Fsp3) is 0.579. The van der Waals surface area contributed by atoms with Crippen LogP contribution in [0, 0.1) is 0 Å². The first-order chi connectivity index (χ1) is 11.5. The molecule has 0 aliphatic heterocycles. The lowest BCUT2D eigenvalue weighted by atomic mass is 10.0. The van der Waals surface area contributed by atoms with Crippen LogP contribution in [0.15, 0.2) is 12.1 Å². The highest BCUT2D eigenvalue weighted by molar-refractivity contribution is 5.97. The van der Waals surface area contributed by atoms with Crippen LogP contribution in [0.1, 0.15) is 74.7 Å². The molecule has 5 nitrogen and oxygen atoms in total. The van der Waals surface area contributed by atoms with Crippen molar-refractivity contribution in [2.75, 3.05) is 6.61 Å². The van der Waals surface area contributed by atoms with E-state index in [1.165, 1.54) is 6.92 Å². The number of carboxylic acid groups (broad SMARTS) is 1. The molecule has 1 rings (SSSR count). The Hall–Kier alpha value is -2.04. The second-order valence-electron chi connectivity index (χ2n) is 6.00. The number of carboxylic acids is 1. The maximum atomic E-state index is 11.5. The lowest BCUT2D eigenvalue weighted by Crippen LogP contribution is -2.03. The van der Waals surface area contributed by atoms with Gasteiger partial charge in [-0.15, -0.1) is 0 Å². The van der Waals surface area contributed by atoms with E-state index in [1.807, 2.05) is 6.92 Å². The summed E-state index contributed by atoms with van der Waals surface area (Å²) in [4.78, 5) is 21.9. The van der Waals surface area contributed by atoms with Crippen molar-refractivity contribution in [3.8, 4) is 11.5 Å². The first kappa shape index (κ1) is 20.0. The van der Waals surface area contributed by atoms with Crippen LogP contribution in [0.5, 0.6) is 11.5 Å². The minimum absolute atomic E-state index is 0.0375. The van der Waals surface area contributed by atoms with E-state index in [0.717, 1.165) is 38.5 Å². The summed E-state index contributed by atoms with van der Waals surface area (Å²) >= 11 is 0. The molecule has 1 aromatic carbocycles. The fourth-order valence-electron chi connectivity index (χ4n) is 2.62. The number of phenolic OH excluding ortho intramolecular Hbond substituents is 1. The Morgan fingerprint density at radius 3 is 2.38 bits per heavy atom. The molecule has 0 spiro atoms. The van der Waals surface area contributed by atoms with Crippen molar-refractivity contribution in [1.82, 2.24) is 0 Å². The van der Waals surface area contributed by atoms with Crippen LogP contribution in [0.25, 0.3) is 0 Å². The number of benzene rings is 1. The Kier molecular flexibility index (Phi) is 8.90. The largest absolute Gasteiger partial charge is 0.507 e. The molecule has 0 fully saturated rings. The van der Waals surface area contributed by atoms with Gasteiger partial charge < -0.3 is 14.9 Å². The Bertz CT molecular complexity index is 551. The minimum atomic E-state index is -0.740. The standard InChI is InChI=1S/C19H28O5/c1-3-9-16-17(12-11-15(14(2)20)19(16)23)24-13-8-6-4-5-7-10-18(21)22/h11-12,23H,3-10,13H2,1-2H3,(H,21,22). The third kappa shape index (κ3) is 6.60. The van der Waals surface area contributed by atoms with Gasteiger partial charge in [-0.2, -0.15) is 0 Å². The fourth-order valence-corrected chi connectivity index (χ4v) is 2.62. The number of carbonyl (C=O) groups excluding carboxylic acids is 1. The van der Waals surface area contributed by atoms with E-state index in [4.69, 9.17) is 9.84 Å². The molecule has 24 heavy (non-hydrogen) atoms. The predicted octanol–water partition coefficient (Wildman–Crippen LogP) is 4.35. The zero-order valence-electron chi connectivity index (χ0n) is 14.6. The number of aliphatic carboxylic acids is 1. The highest BCUT2D eigenvalue weighted by atomic mass is 16.5. The molecule has 0 radical (unpaired) electrons. The number of ketones is 1. The first-order valence-corrected chi connectivity index (χ1v) is 8.67. The number of hydrogen-bond acceptors (Lipinski definition) is 4. The molecule has 0 amide bonds. The Morgan fingerprint density at radius 1 is 1.08 bits per heavy atom. The van der Waals surface area contributed by atoms with E-state index in [-0.39, 0.29) is 18.0 Å². The third-order valence-electron chi connectivity index (χ3n) is 3.91. The maximum Gasteiger partial charge on any atom is 0.303 e. The molecule has 0 aromatic heterocycles. The molecule has 0 heterocycles. The summed E-state index contributed by atoms with van der Waals surface area (Å²) in [5.74, 6) is -0.214. The number of hydrogen-bond donors (Lipinski definition) is 2. The Morgan fingerprint density at radius 2 is 1.75 bits per heavy atom. The van der Waals surface area contributed by atoms with Gasteiger partial charge in [0.05, 0.1) is 12.2 Å². The second kappa shape index (κ2) is 10.7. The zero-order valence-corrected chi connectivity index (χ0v) is 14.6. The molecule has 0 aliphatic rings. The van der Waals surface area contributed by atoms with Crippen molar-refractivity contribution in [2.45, 2.75) is 65.2 Å². The van der Waals surface area contributed by atoms with E-state index in [1.54, 1.807) is 12.1 Å². The number of unbranched alkanes of at least 4 members (excludes halogenated alkanes) is 4. The molecular formula is C19H28O5. The van der Waals surface area contributed by atoms with Gasteiger partial charge in [0.15, 0.2) is 5.78 Å². The Balaban J connectivity index is 2.46. The summed E-state index contributed by atoms with van der Waals surface area (Å²) in [6.07, 6.45) is 6.25. The van der Waals surface area contributed by atoms with Crippen LogP contribution in [0.4, 0.5) is 0 Å². The van der Waals surface area contributed by atoms with Gasteiger partial charge in [0.25, 0.3) is 0 Å². The third-order valence-corrected chi connectivity index (χ3v) is 3.91. The molecular weight excluding hydrogens is 308 g/mol. The van der Waals surface area contributed by atoms with Gasteiger partial charge >= 0.3 is 5.97 Å². The van der Waals surface area contributed by atoms with E-state index in [9.17, 15) is 14.7 Å². The van der Waals surface area contributed by atoms with Crippen molar-refractivity contribution < 1.29 is 24.5 Å². The summed E-state index contributed by atoms with van der Waals surface area (Å²) in [5.41, 5.74) is 1.04. The lowest BCUT2D eigenvalue weighted by Gasteiger charge is -2.14. The van der Waals surface area contributed by atoms with E-state index in [0.29, 0.717) is 29.9 Å². The van der Waals surface area contributed by atoms with Gasteiger partial charge in [0.1, 0.15) is 11.5 Å². The number of phenols is 1. The van der Waals surface area contributed by atoms with E-state index >= 15 is 0 Å². The number of carbonyl (C=O) groups is 2. The van der Waals surface area contributed by atoms with Crippen LogP contribution >= 0.6 is 0 Å². The van der Waals surface area contributed by atoms with Crippen molar-refractivity contribution in [1.29, 1.82) is 0 Å². The minimum Gasteiger partial charge on any atom is -0.507 e. The summed E-state index contributed by atoms with van der Waals surface area (Å²) in [6.45, 7) is 4.00. The predicted molar refractivity (Wildman–Crippen MR) is 92.9 cm³/mol. The summed E-state index contributed by atoms with van der Waals surface area (Å²) in [5, 5.41) is 18.8. The molecule has 0 bridgehead atoms. The Labute approximate surface area is 143 Å². The van der Waals surface area contributed by atoms with Crippen LogP contribution in [-0.4, -0.2) is 28.6 Å². The first-order valence-electron chi connectivity index (χ1n) is 8.67. The van der Waals surface area contributed by atoms with Gasteiger partial charge in [-0.1, -0.05) is 32.6 Å². The number of rotatable bonds is 12. The van der Waals surface area contributed by atoms with Crippen LogP contribution in [-0.2, 0) is 11.2 Å². The molecule has 2 N–H and O–H groups in total. The number of ether oxygens (including phenoxy) is 1. The quantitative estimate of drug-likeness (QED) is 0.438. The van der Waals surface area contributed by atoms with Crippen molar-refractivity contribution in [2.24, 2.45) is 0 Å². The summed E-state index contributed by atoms with van der Waals surface area (Å²) in [6, 6.07) is 3.37. The summed E-state index contributed by atoms with van der Waals surface area (Å²) in [7, 11) is 0. The average molecular weight is 336 g/mol. The van der Waals surface area contributed by atoms with Crippen LogP contribution in [0.3, 0.4) is 0 Å². The molecule has 5 heteroatoms. The van der Waals surface area contributed by atoms with Crippen molar-refractivity contribution in [3.05, 3.63) is 23.3 Å². The maximum absolute atomic E-state index is 11.5. The monoisotopic (exact) mass is 336 g/mol. The smallest absolute Gasteiger partial charge is 0.303 e. The highest BCUT2D eigenvalue weighted by Crippen LogP contribution is 2.33. The molecule has 0 saturated carbocycles. The molecule has 0 unspecified atom stereocenters. The van der Waals surface area contributed by atoms with Crippen molar-refractivity contribution in [3.63, 3.8) is 0 Å². The normalized spacial score (nSPS) is 10.6. The summed E-state index contributed by atoms with van der Waals surface area (Å²) < 4.78 is 5.78. The topological polar surface area (TPSA) is 83.8 Å². The van der Waals surface area contributed by atoms with Gasteiger partial charge in [-0.05, 0) is 38.3 Å². The van der Waals surface area contributed by atoms with Gasteiger partial charge in [-0.3, -0.25) is 9.59 Å². The SMILES string of the molecule is CCCc1c(OCCCCCCCC(=O)O)ccc(C(C)=O)c1O. The zero-order chi connectivity index (χ0) is 17.9. The van der Waals surface area contributed by atoms with Crippen LogP contribution in [0.2, 0.25) is 0 Å². The second-order valence-corrected chi connectivity index (χ2v) is 6.00. The number of aromatic hydroxyl groups is 1. The average Bonchev–Trinajstić information content (AvgIpc) is 2.52. The molecule has 0 aliphatic carbocycles. The van der Waals surface area contributed by atoms with Gasteiger partial charge in [-0.25, -0.2) is 0 Å². The van der Waals surface area contributed by atoms with Crippen LogP contribution < -0.4 is 4.74 Å². The molecule has 134 valence electrons. The molecule has 0 saturated heterocycles. The highest BCUT2D eigenvalue weighted by Gasteiger charge is 2.15. The van der Waals surface area contributed by atoms with E-state index < -0.39 is 5.97 Å². The van der Waals surface area contributed by atoms with Gasteiger partial charge in [0.2, 0.25) is 0 Å².